The first-order valence-corrected chi connectivity index (χ1v) is 11.0. The molecule has 0 spiro atoms. The Kier molecular flexibility index (Phi) is 4.85. The molecule has 2 amide bonds. The number of halogens is 1. The summed E-state index contributed by atoms with van der Waals surface area (Å²) in [6.07, 6.45) is 2.07. The van der Waals surface area contributed by atoms with E-state index in [9.17, 15) is 4.79 Å². The zero-order valence-corrected chi connectivity index (χ0v) is 18.0. The van der Waals surface area contributed by atoms with Crippen molar-refractivity contribution in [3.8, 4) is 5.69 Å². The number of nitrogens with one attached hydrogen (secondary N) is 1. The number of aryl methyl sites for hydroxylation is 1. The van der Waals surface area contributed by atoms with E-state index < -0.39 is 0 Å². The van der Waals surface area contributed by atoms with Crippen LogP contribution in [0, 0.1) is 6.92 Å². The maximum atomic E-state index is 13.6. The topological polar surface area (TPSA) is 37.3 Å². The standard InChI is InChI=1S/C24H20ClN3OS/c1-16-10-11-18(25)14-19(16)26-24(29)28-15-17-6-2-3-7-20(17)27-12-4-8-21(27)23(28)22-9-5-13-30-22/h2-14,23H,15H2,1H3,(H,26,29). The van der Waals surface area contributed by atoms with Crippen LogP contribution in [0.25, 0.3) is 5.69 Å². The summed E-state index contributed by atoms with van der Waals surface area (Å²) in [5, 5.41) is 5.74. The number of hydrogen-bond acceptors (Lipinski definition) is 2. The molecule has 0 aliphatic carbocycles. The van der Waals surface area contributed by atoms with Crippen LogP contribution in [0.2, 0.25) is 5.02 Å². The number of nitrogens with zero attached hydrogens (tertiary/aromatic N) is 2. The molecular formula is C24H20ClN3OS. The summed E-state index contributed by atoms with van der Waals surface area (Å²) in [5.74, 6) is 0. The number of rotatable bonds is 2. The van der Waals surface area contributed by atoms with Gasteiger partial charge in [0.05, 0.1) is 17.9 Å². The minimum Gasteiger partial charge on any atom is -0.318 e. The molecule has 0 bridgehead atoms. The van der Waals surface area contributed by atoms with Gasteiger partial charge in [0.25, 0.3) is 0 Å². The molecule has 0 saturated heterocycles. The predicted octanol–water partition coefficient (Wildman–Crippen LogP) is 6.64. The van der Waals surface area contributed by atoms with E-state index in [0.717, 1.165) is 33.1 Å². The van der Waals surface area contributed by atoms with Crippen molar-refractivity contribution < 1.29 is 4.79 Å². The third-order valence-corrected chi connectivity index (χ3v) is 6.64. The molecule has 1 aliphatic heterocycles. The summed E-state index contributed by atoms with van der Waals surface area (Å²) in [7, 11) is 0. The fraction of sp³-hybridized carbons (Fsp3) is 0.125. The van der Waals surface area contributed by atoms with Crippen LogP contribution in [-0.2, 0) is 6.54 Å². The quantitative estimate of drug-likeness (QED) is 0.378. The highest BCUT2D eigenvalue weighted by Gasteiger charge is 2.33. The van der Waals surface area contributed by atoms with Gasteiger partial charge in [-0.25, -0.2) is 4.79 Å². The highest BCUT2D eigenvalue weighted by Crippen LogP contribution is 2.38. The molecule has 0 radical (unpaired) electrons. The predicted molar refractivity (Wildman–Crippen MR) is 123 cm³/mol. The Balaban J connectivity index is 1.62. The Morgan fingerprint density at radius 1 is 1.10 bits per heavy atom. The highest BCUT2D eigenvalue weighted by molar-refractivity contribution is 7.10. The second-order valence-corrected chi connectivity index (χ2v) is 8.78. The lowest BCUT2D eigenvalue weighted by molar-refractivity contribution is 0.195. The van der Waals surface area contributed by atoms with Gasteiger partial charge in [0, 0.05) is 21.8 Å². The van der Waals surface area contributed by atoms with Gasteiger partial charge < -0.3 is 14.8 Å². The number of aromatic nitrogens is 1. The summed E-state index contributed by atoms with van der Waals surface area (Å²) < 4.78 is 2.19. The van der Waals surface area contributed by atoms with Gasteiger partial charge in [-0.05, 0) is 59.8 Å². The van der Waals surface area contributed by atoms with Crippen LogP contribution < -0.4 is 5.32 Å². The molecule has 2 aromatic heterocycles. The summed E-state index contributed by atoms with van der Waals surface area (Å²) in [4.78, 5) is 16.6. The molecule has 1 atom stereocenters. The molecule has 30 heavy (non-hydrogen) atoms. The Morgan fingerprint density at radius 3 is 2.80 bits per heavy atom. The molecule has 2 aromatic carbocycles. The van der Waals surface area contributed by atoms with Crippen LogP contribution >= 0.6 is 22.9 Å². The monoisotopic (exact) mass is 433 g/mol. The van der Waals surface area contributed by atoms with Crippen molar-refractivity contribution in [1.82, 2.24) is 9.47 Å². The zero-order chi connectivity index (χ0) is 20.7. The average molecular weight is 434 g/mol. The lowest BCUT2D eigenvalue weighted by Crippen LogP contribution is -2.37. The molecule has 1 unspecified atom stereocenters. The van der Waals surface area contributed by atoms with Gasteiger partial charge in [-0.2, -0.15) is 0 Å². The molecular weight excluding hydrogens is 414 g/mol. The summed E-state index contributed by atoms with van der Waals surface area (Å²) >= 11 is 7.84. The van der Waals surface area contributed by atoms with Crippen LogP contribution in [0.4, 0.5) is 10.5 Å². The number of urea groups is 1. The Bertz CT molecular complexity index is 1210. The maximum absolute atomic E-state index is 13.6. The minimum atomic E-state index is -0.188. The smallest absolute Gasteiger partial charge is 0.318 e. The van der Waals surface area contributed by atoms with Crippen molar-refractivity contribution in [2.75, 3.05) is 5.32 Å². The van der Waals surface area contributed by atoms with E-state index in [4.69, 9.17) is 11.6 Å². The third-order valence-electron chi connectivity index (χ3n) is 5.48. The lowest BCUT2D eigenvalue weighted by Gasteiger charge is -2.30. The Labute approximate surface area is 184 Å². The van der Waals surface area contributed by atoms with E-state index >= 15 is 0 Å². The van der Waals surface area contributed by atoms with Crippen LogP contribution in [0.1, 0.15) is 27.7 Å². The third kappa shape index (κ3) is 3.30. The van der Waals surface area contributed by atoms with Gasteiger partial charge in [0.15, 0.2) is 0 Å². The SMILES string of the molecule is Cc1ccc(Cl)cc1NC(=O)N1Cc2ccccc2-n2cccc2C1c1cccs1. The Hall–Kier alpha value is -3.02. The van der Waals surface area contributed by atoms with Crippen LogP contribution in [0.3, 0.4) is 0 Å². The summed E-state index contributed by atoms with van der Waals surface area (Å²) in [6.45, 7) is 2.47. The van der Waals surface area contributed by atoms with E-state index in [1.165, 1.54) is 0 Å². The molecule has 5 rings (SSSR count). The Morgan fingerprint density at radius 2 is 1.97 bits per heavy atom. The molecule has 0 fully saturated rings. The van der Waals surface area contributed by atoms with Gasteiger partial charge >= 0.3 is 6.03 Å². The lowest BCUT2D eigenvalue weighted by atomic mass is 10.1. The van der Waals surface area contributed by atoms with E-state index in [-0.39, 0.29) is 12.1 Å². The first-order chi connectivity index (χ1) is 14.6. The van der Waals surface area contributed by atoms with Crippen molar-refractivity contribution >= 4 is 34.7 Å². The molecule has 0 saturated carbocycles. The summed E-state index contributed by atoms with van der Waals surface area (Å²) in [5.41, 5.74) is 4.98. The molecule has 150 valence electrons. The van der Waals surface area contributed by atoms with E-state index in [2.05, 4.69) is 45.7 Å². The average Bonchev–Trinajstić information content (AvgIpc) is 3.42. The number of carbonyl (C=O) groups is 1. The van der Waals surface area contributed by atoms with Crippen LogP contribution in [0.15, 0.2) is 78.3 Å². The number of amides is 2. The van der Waals surface area contributed by atoms with Gasteiger partial charge in [-0.1, -0.05) is 41.9 Å². The molecule has 3 heterocycles. The number of anilines is 1. The largest absolute Gasteiger partial charge is 0.323 e. The molecule has 1 aliphatic rings. The van der Waals surface area contributed by atoms with Gasteiger partial charge in [-0.15, -0.1) is 11.3 Å². The maximum Gasteiger partial charge on any atom is 0.323 e. The highest BCUT2D eigenvalue weighted by atomic mass is 35.5. The van der Waals surface area contributed by atoms with Crippen molar-refractivity contribution in [1.29, 1.82) is 0 Å². The van der Waals surface area contributed by atoms with E-state index in [1.807, 2.05) is 48.2 Å². The van der Waals surface area contributed by atoms with Crippen LogP contribution in [0.5, 0.6) is 0 Å². The van der Waals surface area contributed by atoms with Crippen molar-refractivity contribution in [3.05, 3.63) is 105 Å². The number of fused-ring (bicyclic) bond motifs is 3. The zero-order valence-electron chi connectivity index (χ0n) is 16.4. The minimum absolute atomic E-state index is 0.150. The molecule has 4 aromatic rings. The normalized spacial score (nSPS) is 15.3. The fourth-order valence-corrected chi connectivity index (χ4v) is 5.02. The van der Waals surface area contributed by atoms with Gasteiger partial charge in [-0.3, -0.25) is 0 Å². The number of carbonyl (C=O) groups excluding carboxylic acids is 1. The number of hydrogen-bond donors (Lipinski definition) is 1. The van der Waals surface area contributed by atoms with Crippen molar-refractivity contribution in [2.24, 2.45) is 0 Å². The second kappa shape index (κ2) is 7.67. The number of benzene rings is 2. The molecule has 4 nitrogen and oxygen atoms in total. The molecule has 1 N–H and O–H groups in total. The van der Waals surface area contributed by atoms with Crippen LogP contribution in [-0.4, -0.2) is 15.5 Å². The van der Waals surface area contributed by atoms with Crippen molar-refractivity contribution in [2.45, 2.75) is 19.5 Å². The number of thiophene rings is 1. The van der Waals surface area contributed by atoms with E-state index in [1.54, 1.807) is 17.4 Å². The first-order valence-electron chi connectivity index (χ1n) is 9.74. The number of para-hydroxylation sites is 1. The van der Waals surface area contributed by atoms with Gasteiger partial charge in [0.2, 0.25) is 0 Å². The molecule has 6 heteroatoms. The van der Waals surface area contributed by atoms with Crippen molar-refractivity contribution in [3.63, 3.8) is 0 Å². The van der Waals surface area contributed by atoms with E-state index in [0.29, 0.717) is 11.6 Å². The summed E-state index contributed by atoms with van der Waals surface area (Å²) in [6, 6.07) is 21.7. The second-order valence-electron chi connectivity index (χ2n) is 7.37. The first kappa shape index (κ1) is 19.0. The van der Waals surface area contributed by atoms with Gasteiger partial charge in [0.1, 0.15) is 6.04 Å². The fourth-order valence-electron chi connectivity index (χ4n) is 4.00.